The van der Waals surface area contributed by atoms with Gasteiger partial charge in [-0.05, 0) is 63.0 Å². The number of nitrogens with zero attached hydrogens (tertiary/aromatic N) is 4. The van der Waals surface area contributed by atoms with Crippen LogP contribution >= 0.6 is 0 Å². The number of ether oxygens (including phenoxy) is 5. The molecule has 14 heteroatoms. The van der Waals surface area contributed by atoms with Crippen molar-refractivity contribution in [1.82, 2.24) is 9.97 Å². The summed E-state index contributed by atoms with van der Waals surface area (Å²) in [7, 11) is -1.10. The van der Waals surface area contributed by atoms with E-state index in [2.05, 4.69) is 14.4 Å². The Morgan fingerprint density at radius 2 is 1.34 bits per heavy atom. The normalized spacial score (nSPS) is 13.6. The van der Waals surface area contributed by atoms with Crippen molar-refractivity contribution in [2.45, 2.75) is 23.0 Å². The Hall–Kier alpha value is -5.47. The van der Waals surface area contributed by atoms with E-state index in [0.29, 0.717) is 50.4 Å². The molecule has 0 saturated carbocycles. The lowest BCUT2D eigenvalue weighted by Crippen LogP contribution is -2.31. The van der Waals surface area contributed by atoms with Crippen LogP contribution in [0.3, 0.4) is 0 Å². The average Bonchev–Trinajstić information content (AvgIpc) is 3.12. The maximum Gasteiger partial charge on any atom is 0.340 e. The first-order valence-electron chi connectivity index (χ1n) is 15.3. The van der Waals surface area contributed by atoms with Crippen LogP contribution in [0, 0.1) is 4.78 Å². The third-order valence-electron chi connectivity index (χ3n) is 7.92. The molecule has 6 rings (SSSR count). The van der Waals surface area contributed by atoms with E-state index < -0.39 is 19.5 Å². The van der Waals surface area contributed by atoms with Gasteiger partial charge in [-0.25, -0.2) is 13.2 Å². The molecule has 0 amide bonds. The zero-order valence-corrected chi connectivity index (χ0v) is 29.7. The maximum atomic E-state index is 14.1. The van der Waals surface area contributed by atoms with Crippen LogP contribution < -0.4 is 28.4 Å². The van der Waals surface area contributed by atoms with E-state index in [-0.39, 0.29) is 6.61 Å². The lowest BCUT2D eigenvalue weighted by atomic mass is 10.2. The molecule has 0 saturated heterocycles. The van der Waals surface area contributed by atoms with Crippen molar-refractivity contribution in [3.05, 3.63) is 109 Å². The van der Waals surface area contributed by atoms with Crippen LogP contribution in [0.1, 0.15) is 11.1 Å². The van der Waals surface area contributed by atoms with Crippen LogP contribution in [0.15, 0.2) is 112 Å². The summed E-state index contributed by atoms with van der Waals surface area (Å²) >= 11 is 0. The molecule has 12 nitrogen and oxygen atoms in total. The molecule has 2 atom stereocenters. The number of fused-ring (bicyclic) bond motifs is 2. The molecule has 4 aromatic carbocycles. The molecular formula is C36H36N5O7S2+. The predicted molar refractivity (Wildman–Crippen MR) is 190 cm³/mol. The Morgan fingerprint density at radius 1 is 0.700 bits per heavy atom. The fraction of sp³-hybridized carbons (Fsp3) is 0.194. The van der Waals surface area contributed by atoms with Gasteiger partial charge in [0, 0.05) is 47.2 Å². The first-order chi connectivity index (χ1) is 24.0. The van der Waals surface area contributed by atoms with Gasteiger partial charge in [0.05, 0.1) is 41.5 Å². The third kappa shape index (κ3) is 7.40. The molecule has 2 unspecified atom stereocenters. The molecule has 2 heterocycles. The largest absolute Gasteiger partial charge is 0.497 e. The van der Waals surface area contributed by atoms with E-state index in [1.165, 1.54) is 31.5 Å². The monoisotopic (exact) mass is 714 g/mol. The lowest BCUT2D eigenvalue weighted by Gasteiger charge is -2.11. The van der Waals surface area contributed by atoms with E-state index in [9.17, 15) is 8.42 Å². The fourth-order valence-corrected chi connectivity index (χ4v) is 7.07. The smallest absolute Gasteiger partial charge is 0.340 e. The zero-order valence-electron chi connectivity index (χ0n) is 28.1. The second kappa shape index (κ2) is 14.2. The molecule has 0 radical (unpaired) electrons. The van der Waals surface area contributed by atoms with Crippen LogP contribution in [0.5, 0.6) is 28.9 Å². The summed E-state index contributed by atoms with van der Waals surface area (Å²) in [5.41, 5.74) is 2.99. The lowest BCUT2D eigenvalue weighted by molar-refractivity contribution is -0.653. The summed E-state index contributed by atoms with van der Waals surface area (Å²) in [6.07, 6.45) is 6.08. The zero-order chi connectivity index (χ0) is 35.5. The Balaban J connectivity index is 1.26. The van der Waals surface area contributed by atoms with Gasteiger partial charge < -0.3 is 23.7 Å². The average molecular weight is 715 g/mol. The predicted octanol–water partition coefficient (Wildman–Crippen LogP) is 6.21. The summed E-state index contributed by atoms with van der Waals surface area (Å²) < 4.78 is 68.6. The number of hydrogen-bond acceptors (Lipinski definition) is 11. The second-order valence-electron chi connectivity index (χ2n) is 11.4. The summed E-state index contributed by atoms with van der Waals surface area (Å²) in [4.78, 5) is 9.88. The molecule has 0 spiro atoms. The van der Waals surface area contributed by atoms with Crippen molar-refractivity contribution in [3.63, 3.8) is 0 Å². The molecular weight excluding hydrogens is 679 g/mol. The molecule has 0 aliphatic carbocycles. The van der Waals surface area contributed by atoms with E-state index >= 15 is 0 Å². The molecule has 6 aromatic rings. The van der Waals surface area contributed by atoms with Gasteiger partial charge in [-0.2, -0.15) is 0 Å². The van der Waals surface area contributed by atoms with Crippen LogP contribution in [0.25, 0.3) is 21.8 Å². The number of nitrogens with one attached hydrogen (secondary N) is 1. The Labute approximate surface area is 290 Å². The molecule has 0 aliphatic heterocycles. The minimum absolute atomic E-state index is 0.160. The number of methoxy groups -OCH3 is 3. The minimum atomic E-state index is -2.96. The molecule has 50 heavy (non-hydrogen) atoms. The summed E-state index contributed by atoms with van der Waals surface area (Å²) in [5.74, 6) is 2.61. The van der Waals surface area contributed by atoms with Crippen molar-refractivity contribution in [2.24, 2.45) is 4.47 Å². The van der Waals surface area contributed by atoms with Gasteiger partial charge in [0.25, 0.3) is 0 Å². The standard InChI is InChI=1S/C36H36N5O7S2/c1-44-26-10-15-29-31(18-26)38-17-16-33(29)47-21-24-8-13-28(14-9-24)50(5,43)40-41-23-39-36(30-19-34(45-2)35(46-3)20-32(30)41)48-22-25-6-11-27(12-7-25)49(4,37)42/h6-20,23,37H,21-22H2,1-5H3/q+1. The Kier molecular flexibility index (Phi) is 9.75. The highest BCUT2D eigenvalue weighted by Crippen LogP contribution is 2.34. The van der Waals surface area contributed by atoms with Crippen molar-refractivity contribution in [3.8, 4) is 28.9 Å². The molecule has 0 fully saturated rings. The molecule has 2 aromatic heterocycles. The number of rotatable bonds is 12. The van der Waals surface area contributed by atoms with Crippen molar-refractivity contribution >= 4 is 41.3 Å². The third-order valence-corrected chi connectivity index (χ3v) is 10.7. The maximum absolute atomic E-state index is 14.1. The van der Waals surface area contributed by atoms with Gasteiger partial charge in [-0.3, -0.25) is 4.98 Å². The van der Waals surface area contributed by atoms with E-state index in [1.54, 1.807) is 68.1 Å². The fourth-order valence-electron chi connectivity index (χ4n) is 5.21. The first kappa shape index (κ1) is 34.4. The van der Waals surface area contributed by atoms with Crippen LogP contribution in [0.4, 0.5) is 0 Å². The quantitative estimate of drug-likeness (QED) is 0.146. The first-order valence-corrected chi connectivity index (χ1v) is 19.2. The van der Waals surface area contributed by atoms with Gasteiger partial charge in [0.1, 0.15) is 39.8 Å². The summed E-state index contributed by atoms with van der Waals surface area (Å²) in [6.45, 7) is 0.459. The van der Waals surface area contributed by atoms with E-state index in [1.807, 2.05) is 36.4 Å². The van der Waals surface area contributed by atoms with Gasteiger partial charge in [0.2, 0.25) is 0 Å². The SMILES string of the molecule is COc1ccc2c(OCc3ccc(S(C)(=O)=N[n+]4cnc(OCc5ccc(S(C)(=N)=O)cc5)c5cc(OC)c(OC)cc54)cc3)ccnc2c1. The van der Waals surface area contributed by atoms with E-state index in [0.717, 1.165) is 27.8 Å². The van der Waals surface area contributed by atoms with Crippen molar-refractivity contribution in [2.75, 3.05) is 33.8 Å². The highest BCUT2D eigenvalue weighted by Gasteiger charge is 2.22. The van der Waals surface area contributed by atoms with Gasteiger partial charge in [0.15, 0.2) is 17.0 Å². The van der Waals surface area contributed by atoms with Crippen LogP contribution in [-0.4, -0.2) is 52.2 Å². The molecule has 0 aliphatic rings. The highest BCUT2D eigenvalue weighted by atomic mass is 32.2. The highest BCUT2D eigenvalue weighted by molar-refractivity contribution is 7.92. The van der Waals surface area contributed by atoms with E-state index in [4.69, 9.17) is 28.5 Å². The van der Waals surface area contributed by atoms with Crippen molar-refractivity contribution in [1.29, 1.82) is 4.78 Å². The number of aromatic nitrogens is 3. The van der Waals surface area contributed by atoms with Gasteiger partial charge in [-0.1, -0.05) is 28.9 Å². The summed E-state index contributed by atoms with van der Waals surface area (Å²) in [5, 5.41) is 1.43. The van der Waals surface area contributed by atoms with Gasteiger partial charge >= 0.3 is 12.2 Å². The number of pyridine rings is 1. The molecule has 0 bridgehead atoms. The number of benzene rings is 4. The Bertz CT molecular complexity index is 2430. The second-order valence-corrected chi connectivity index (χ2v) is 15.8. The molecule has 258 valence electrons. The molecule has 1 N–H and O–H groups in total. The minimum Gasteiger partial charge on any atom is -0.497 e. The summed E-state index contributed by atoms with van der Waals surface area (Å²) in [6, 6.07) is 25.0. The number of hydrogen-bond donors (Lipinski definition) is 1. The van der Waals surface area contributed by atoms with Crippen LogP contribution in [-0.2, 0) is 32.7 Å². The van der Waals surface area contributed by atoms with Crippen LogP contribution in [0.2, 0.25) is 0 Å². The Morgan fingerprint density at radius 3 is 1.98 bits per heavy atom. The van der Waals surface area contributed by atoms with Crippen molar-refractivity contribution < 1.29 is 36.8 Å². The van der Waals surface area contributed by atoms with Gasteiger partial charge in [-0.15, -0.1) is 0 Å². The topological polar surface area (TPSA) is 146 Å².